The lowest BCUT2D eigenvalue weighted by Crippen LogP contribution is -2.37. The first kappa shape index (κ1) is 14.0. The fourth-order valence-electron chi connectivity index (χ4n) is 1.44. The highest BCUT2D eigenvalue weighted by Gasteiger charge is 2.30. The molecule has 6 nitrogen and oxygen atoms in total. The third-order valence-corrected chi connectivity index (χ3v) is 2.98. The van der Waals surface area contributed by atoms with Crippen molar-refractivity contribution >= 4 is 5.91 Å². The lowest BCUT2D eigenvalue weighted by atomic mass is 9.88. The van der Waals surface area contributed by atoms with E-state index in [0.29, 0.717) is 18.0 Å². The van der Waals surface area contributed by atoms with Crippen LogP contribution < -0.4 is 10.1 Å². The minimum absolute atomic E-state index is 0.280. The van der Waals surface area contributed by atoms with E-state index in [1.54, 1.807) is 31.8 Å². The summed E-state index contributed by atoms with van der Waals surface area (Å²) in [5, 5.41) is 15.9. The van der Waals surface area contributed by atoms with E-state index in [2.05, 4.69) is 10.4 Å². The number of aromatic nitrogens is 2. The first-order chi connectivity index (χ1) is 8.46. The van der Waals surface area contributed by atoms with Crippen LogP contribution >= 0.6 is 0 Å². The molecule has 1 amide bonds. The molecule has 0 radical (unpaired) electrons. The second-order valence-corrected chi connectivity index (χ2v) is 4.28. The number of nitrogens with zero attached hydrogens (tertiary/aromatic N) is 3. The molecule has 0 fully saturated rings. The van der Waals surface area contributed by atoms with Crippen LogP contribution in [0.3, 0.4) is 0 Å². The van der Waals surface area contributed by atoms with Crippen LogP contribution in [0, 0.1) is 16.7 Å². The molecule has 0 aliphatic heterocycles. The number of nitriles is 1. The molecule has 0 saturated carbocycles. The second kappa shape index (κ2) is 5.54. The molecule has 6 heteroatoms. The molecule has 1 aromatic rings. The molecule has 0 bridgehead atoms. The van der Waals surface area contributed by atoms with Gasteiger partial charge in [0, 0.05) is 13.1 Å². The highest BCUT2D eigenvalue weighted by Crippen LogP contribution is 2.20. The van der Waals surface area contributed by atoms with Crippen LogP contribution in [0.1, 0.15) is 26.0 Å². The number of ether oxygens (including phenoxy) is 1. The Kier molecular flexibility index (Phi) is 4.32. The van der Waals surface area contributed by atoms with E-state index in [-0.39, 0.29) is 12.5 Å². The van der Waals surface area contributed by atoms with Gasteiger partial charge in [-0.2, -0.15) is 10.4 Å². The summed E-state index contributed by atoms with van der Waals surface area (Å²) >= 11 is 0. The van der Waals surface area contributed by atoms with E-state index in [1.165, 1.54) is 0 Å². The van der Waals surface area contributed by atoms with Crippen molar-refractivity contribution in [2.75, 3.05) is 7.11 Å². The van der Waals surface area contributed by atoms with E-state index < -0.39 is 5.41 Å². The summed E-state index contributed by atoms with van der Waals surface area (Å²) in [6.45, 7) is 3.72. The fraction of sp³-hybridized carbons (Fsp3) is 0.583. The van der Waals surface area contributed by atoms with Gasteiger partial charge in [-0.25, -0.2) is 4.68 Å². The molecule has 0 aromatic carbocycles. The predicted octanol–water partition coefficient (Wildman–Crippen LogP) is 0.985. The molecule has 1 rings (SSSR count). The Bertz CT molecular complexity index is 475. The maximum atomic E-state index is 11.9. The molecule has 1 heterocycles. The van der Waals surface area contributed by atoms with Crippen LogP contribution in [0.25, 0.3) is 0 Å². The number of hydrogen-bond acceptors (Lipinski definition) is 4. The number of nitrogens with one attached hydrogen (secondary N) is 1. The third kappa shape index (κ3) is 2.80. The van der Waals surface area contributed by atoms with Gasteiger partial charge in [0.15, 0.2) is 0 Å². The van der Waals surface area contributed by atoms with Crippen molar-refractivity contribution in [1.82, 2.24) is 15.1 Å². The summed E-state index contributed by atoms with van der Waals surface area (Å²) < 4.78 is 6.67. The number of amides is 1. The van der Waals surface area contributed by atoms with Gasteiger partial charge in [-0.1, -0.05) is 6.92 Å². The van der Waals surface area contributed by atoms with Crippen molar-refractivity contribution in [1.29, 1.82) is 5.26 Å². The molecule has 98 valence electrons. The van der Waals surface area contributed by atoms with Crippen LogP contribution in [0.2, 0.25) is 0 Å². The Morgan fingerprint density at radius 1 is 1.72 bits per heavy atom. The van der Waals surface area contributed by atoms with Gasteiger partial charge in [-0.05, 0) is 13.3 Å². The van der Waals surface area contributed by atoms with Crippen LogP contribution in [-0.2, 0) is 18.4 Å². The number of aryl methyl sites for hydroxylation is 1. The molecule has 1 atom stereocenters. The lowest BCUT2D eigenvalue weighted by molar-refractivity contribution is -0.127. The summed E-state index contributed by atoms with van der Waals surface area (Å²) in [7, 11) is 3.32. The molecule has 1 N–H and O–H groups in total. The standard InChI is InChI=1S/C12H18N4O2/c1-5-12(2,8-13)11(17)14-7-9-6-10(18-4)16(3)15-9/h6H,5,7H2,1-4H3,(H,14,17). The Hall–Kier alpha value is -2.03. The smallest absolute Gasteiger partial charge is 0.240 e. The number of hydrogen-bond donors (Lipinski definition) is 1. The molecule has 0 aliphatic carbocycles. The molecular formula is C12H18N4O2. The molecule has 0 spiro atoms. The van der Waals surface area contributed by atoms with Gasteiger partial charge in [0.1, 0.15) is 5.41 Å². The quantitative estimate of drug-likeness (QED) is 0.845. The summed E-state index contributed by atoms with van der Waals surface area (Å²) in [4.78, 5) is 11.9. The topological polar surface area (TPSA) is 79.9 Å². The molecule has 0 saturated heterocycles. The van der Waals surface area contributed by atoms with Gasteiger partial charge in [0.2, 0.25) is 11.8 Å². The van der Waals surface area contributed by atoms with E-state index in [4.69, 9.17) is 10.00 Å². The van der Waals surface area contributed by atoms with Crippen molar-refractivity contribution in [2.45, 2.75) is 26.8 Å². The van der Waals surface area contributed by atoms with Gasteiger partial charge in [0.05, 0.1) is 25.4 Å². The Balaban J connectivity index is 2.66. The lowest BCUT2D eigenvalue weighted by Gasteiger charge is -2.17. The highest BCUT2D eigenvalue weighted by molar-refractivity contribution is 5.84. The number of carbonyl (C=O) groups excluding carboxylic acids is 1. The average molecular weight is 250 g/mol. The summed E-state index contributed by atoms with van der Waals surface area (Å²) in [6.07, 6.45) is 0.473. The first-order valence-corrected chi connectivity index (χ1v) is 5.73. The minimum atomic E-state index is -0.987. The molecular weight excluding hydrogens is 232 g/mol. The summed E-state index contributed by atoms with van der Waals surface area (Å²) in [5.74, 6) is 0.343. The maximum Gasteiger partial charge on any atom is 0.240 e. The van der Waals surface area contributed by atoms with Gasteiger partial charge < -0.3 is 10.1 Å². The Morgan fingerprint density at radius 3 is 2.83 bits per heavy atom. The van der Waals surface area contributed by atoms with E-state index in [9.17, 15) is 4.79 Å². The van der Waals surface area contributed by atoms with Crippen molar-refractivity contribution in [3.8, 4) is 11.9 Å². The fourth-order valence-corrected chi connectivity index (χ4v) is 1.44. The predicted molar refractivity (Wildman–Crippen MR) is 65.6 cm³/mol. The van der Waals surface area contributed by atoms with Gasteiger partial charge in [-0.15, -0.1) is 0 Å². The maximum absolute atomic E-state index is 11.9. The van der Waals surface area contributed by atoms with E-state index in [0.717, 1.165) is 0 Å². The Morgan fingerprint density at radius 2 is 2.39 bits per heavy atom. The van der Waals surface area contributed by atoms with Gasteiger partial charge in [0.25, 0.3) is 0 Å². The summed E-state index contributed by atoms with van der Waals surface area (Å²) in [5.41, 5.74) is -0.294. The second-order valence-electron chi connectivity index (χ2n) is 4.28. The zero-order valence-corrected chi connectivity index (χ0v) is 11.1. The van der Waals surface area contributed by atoms with Crippen molar-refractivity contribution in [2.24, 2.45) is 12.5 Å². The first-order valence-electron chi connectivity index (χ1n) is 5.73. The van der Waals surface area contributed by atoms with Crippen molar-refractivity contribution in [3.63, 3.8) is 0 Å². The monoisotopic (exact) mass is 250 g/mol. The minimum Gasteiger partial charge on any atom is -0.481 e. The van der Waals surface area contributed by atoms with Crippen LogP contribution in [-0.4, -0.2) is 22.8 Å². The SMILES string of the molecule is CCC(C)(C#N)C(=O)NCc1cc(OC)n(C)n1. The molecule has 18 heavy (non-hydrogen) atoms. The number of methoxy groups -OCH3 is 1. The average Bonchev–Trinajstić information content (AvgIpc) is 2.75. The number of rotatable bonds is 5. The molecule has 0 aliphatic rings. The van der Waals surface area contributed by atoms with E-state index in [1.807, 2.05) is 13.0 Å². The zero-order valence-electron chi connectivity index (χ0n) is 11.1. The normalized spacial score (nSPS) is 13.5. The van der Waals surface area contributed by atoms with Gasteiger partial charge >= 0.3 is 0 Å². The van der Waals surface area contributed by atoms with Crippen LogP contribution in [0.15, 0.2) is 6.07 Å². The van der Waals surface area contributed by atoms with Crippen LogP contribution in [0.4, 0.5) is 0 Å². The largest absolute Gasteiger partial charge is 0.481 e. The van der Waals surface area contributed by atoms with Gasteiger partial charge in [-0.3, -0.25) is 4.79 Å². The van der Waals surface area contributed by atoms with Crippen molar-refractivity contribution < 1.29 is 9.53 Å². The third-order valence-electron chi connectivity index (χ3n) is 2.98. The number of carbonyl (C=O) groups is 1. The highest BCUT2D eigenvalue weighted by atomic mass is 16.5. The molecule has 1 unspecified atom stereocenters. The Labute approximate surface area is 107 Å². The zero-order chi connectivity index (χ0) is 13.8. The van der Waals surface area contributed by atoms with Crippen LogP contribution in [0.5, 0.6) is 5.88 Å². The summed E-state index contributed by atoms with van der Waals surface area (Å²) in [6, 6.07) is 3.78. The van der Waals surface area contributed by atoms with Crippen molar-refractivity contribution in [3.05, 3.63) is 11.8 Å². The van der Waals surface area contributed by atoms with E-state index >= 15 is 0 Å². The molecule has 1 aromatic heterocycles.